The summed E-state index contributed by atoms with van der Waals surface area (Å²) in [6.45, 7) is 3.59. The van der Waals surface area contributed by atoms with E-state index in [9.17, 15) is 22.4 Å². The molecule has 7 nitrogen and oxygen atoms in total. The molecule has 0 spiro atoms. The molecule has 0 bridgehead atoms. The van der Waals surface area contributed by atoms with E-state index in [4.69, 9.17) is 9.47 Å². The molecule has 1 aliphatic rings. The molecular formula is C18H24FNO6S. The van der Waals surface area contributed by atoms with E-state index in [1.54, 1.807) is 0 Å². The highest BCUT2D eigenvalue weighted by Gasteiger charge is 2.35. The molecule has 0 aliphatic carbocycles. The monoisotopic (exact) mass is 401 g/mol. The second-order valence-corrected chi connectivity index (χ2v) is 9.15. The fourth-order valence-corrected chi connectivity index (χ4v) is 4.68. The van der Waals surface area contributed by atoms with E-state index in [-0.39, 0.29) is 28.7 Å². The van der Waals surface area contributed by atoms with Crippen LogP contribution in [0.4, 0.5) is 4.39 Å². The minimum absolute atomic E-state index is 0.0381. The zero-order valence-corrected chi connectivity index (χ0v) is 16.4. The van der Waals surface area contributed by atoms with Gasteiger partial charge in [0.15, 0.2) is 16.4 Å². The maximum absolute atomic E-state index is 13.9. The van der Waals surface area contributed by atoms with Crippen LogP contribution < -0.4 is 4.74 Å². The van der Waals surface area contributed by atoms with Gasteiger partial charge in [-0.15, -0.1) is 0 Å². The minimum Gasteiger partial charge on any atom is -0.497 e. The van der Waals surface area contributed by atoms with Gasteiger partial charge in [0, 0.05) is 18.7 Å². The van der Waals surface area contributed by atoms with Crippen molar-refractivity contribution in [3.63, 3.8) is 0 Å². The van der Waals surface area contributed by atoms with Gasteiger partial charge < -0.3 is 14.4 Å². The van der Waals surface area contributed by atoms with E-state index in [1.807, 2.05) is 13.8 Å². The first-order chi connectivity index (χ1) is 12.6. The second kappa shape index (κ2) is 8.69. The first-order valence-electron chi connectivity index (χ1n) is 8.63. The molecule has 1 fully saturated rings. The number of sulfone groups is 1. The lowest BCUT2D eigenvalue weighted by Gasteiger charge is -2.29. The highest BCUT2D eigenvalue weighted by molar-refractivity contribution is 7.91. The van der Waals surface area contributed by atoms with Gasteiger partial charge in [-0.25, -0.2) is 17.6 Å². The largest absolute Gasteiger partial charge is 0.497 e. The van der Waals surface area contributed by atoms with Crippen molar-refractivity contribution in [1.82, 2.24) is 4.90 Å². The third-order valence-corrected chi connectivity index (χ3v) is 6.00. The highest BCUT2D eigenvalue weighted by atomic mass is 32.2. The Morgan fingerprint density at radius 2 is 2.04 bits per heavy atom. The maximum atomic E-state index is 13.9. The van der Waals surface area contributed by atoms with Gasteiger partial charge in [-0.05, 0) is 24.5 Å². The third kappa shape index (κ3) is 5.66. The Morgan fingerprint density at radius 1 is 1.33 bits per heavy atom. The second-order valence-electron chi connectivity index (χ2n) is 6.92. The Kier molecular flexibility index (Phi) is 6.80. The summed E-state index contributed by atoms with van der Waals surface area (Å²) in [5.74, 6) is -1.95. The molecule has 2 rings (SSSR count). The molecule has 0 N–H and O–H groups in total. The van der Waals surface area contributed by atoms with Gasteiger partial charge in [0.05, 0.1) is 24.2 Å². The predicted octanol–water partition coefficient (Wildman–Crippen LogP) is 1.66. The average Bonchev–Trinajstić information content (AvgIpc) is 2.96. The summed E-state index contributed by atoms with van der Waals surface area (Å²) in [6.07, 6.45) is 0.363. The number of halogens is 1. The summed E-state index contributed by atoms with van der Waals surface area (Å²) >= 11 is 0. The first kappa shape index (κ1) is 21.1. The predicted molar refractivity (Wildman–Crippen MR) is 96.8 cm³/mol. The van der Waals surface area contributed by atoms with Crippen molar-refractivity contribution in [2.45, 2.75) is 26.3 Å². The summed E-state index contributed by atoms with van der Waals surface area (Å²) in [4.78, 5) is 26.1. The summed E-state index contributed by atoms with van der Waals surface area (Å²) in [7, 11) is -1.79. The molecule has 1 aliphatic heterocycles. The molecule has 0 saturated carbocycles. The fraction of sp³-hybridized carbons (Fsp3) is 0.556. The Morgan fingerprint density at radius 3 is 2.56 bits per heavy atom. The van der Waals surface area contributed by atoms with E-state index in [0.717, 1.165) is 6.07 Å². The van der Waals surface area contributed by atoms with Crippen molar-refractivity contribution in [2.24, 2.45) is 5.92 Å². The van der Waals surface area contributed by atoms with Crippen LogP contribution in [0.15, 0.2) is 18.2 Å². The standard InChI is InChI=1S/C18H24FNO6S/c1-12(2)9-20(13-6-7-27(23,24)11-13)17(21)10-26-18(22)15-5-4-14(25-3)8-16(15)19/h4-5,8,12-13H,6-7,9-11H2,1-3H3/t13-/m1/s1. The Balaban J connectivity index is 2.03. The molecular weight excluding hydrogens is 377 g/mol. The van der Waals surface area contributed by atoms with Crippen LogP contribution in [-0.2, 0) is 19.4 Å². The summed E-state index contributed by atoms with van der Waals surface area (Å²) in [6, 6.07) is 3.25. The number of carbonyl (C=O) groups excluding carboxylic acids is 2. The van der Waals surface area contributed by atoms with Crippen LogP contribution in [0.25, 0.3) is 0 Å². The normalized spacial score (nSPS) is 18.3. The van der Waals surface area contributed by atoms with Crippen LogP contribution in [0, 0.1) is 11.7 Å². The molecule has 1 saturated heterocycles. The lowest BCUT2D eigenvalue weighted by atomic mass is 10.1. The van der Waals surface area contributed by atoms with Crippen LogP contribution in [0.5, 0.6) is 5.75 Å². The zero-order chi connectivity index (χ0) is 20.2. The van der Waals surface area contributed by atoms with E-state index >= 15 is 0 Å². The lowest BCUT2D eigenvalue weighted by Crippen LogP contribution is -2.45. The number of ether oxygens (including phenoxy) is 2. The lowest BCUT2D eigenvalue weighted by molar-refractivity contribution is -0.137. The van der Waals surface area contributed by atoms with Gasteiger partial charge in [-0.2, -0.15) is 0 Å². The summed E-state index contributed by atoms with van der Waals surface area (Å²) in [5.41, 5.74) is -0.303. The van der Waals surface area contributed by atoms with Crippen molar-refractivity contribution in [3.05, 3.63) is 29.6 Å². The number of hydrogen-bond donors (Lipinski definition) is 0. The number of esters is 1. The molecule has 1 amide bonds. The SMILES string of the molecule is COc1ccc(C(=O)OCC(=O)N(CC(C)C)[C@@H]2CCS(=O)(=O)C2)c(F)c1. The van der Waals surface area contributed by atoms with Crippen LogP contribution >= 0.6 is 0 Å². The topological polar surface area (TPSA) is 90.0 Å². The van der Waals surface area contributed by atoms with Crippen molar-refractivity contribution in [3.8, 4) is 5.75 Å². The maximum Gasteiger partial charge on any atom is 0.341 e. The number of rotatable bonds is 7. The molecule has 27 heavy (non-hydrogen) atoms. The van der Waals surface area contributed by atoms with Crippen molar-refractivity contribution >= 4 is 21.7 Å². The number of methoxy groups -OCH3 is 1. The number of hydrogen-bond acceptors (Lipinski definition) is 6. The van der Waals surface area contributed by atoms with Gasteiger partial charge in [0.25, 0.3) is 5.91 Å². The van der Waals surface area contributed by atoms with E-state index in [0.29, 0.717) is 13.0 Å². The Hall–Kier alpha value is -2.16. The van der Waals surface area contributed by atoms with Crippen LogP contribution in [0.1, 0.15) is 30.6 Å². The van der Waals surface area contributed by atoms with Crippen LogP contribution in [0.3, 0.4) is 0 Å². The Labute approximate surface area is 158 Å². The number of benzene rings is 1. The van der Waals surface area contributed by atoms with Crippen LogP contribution in [-0.4, -0.2) is 63.0 Å². The van der Waals surface area contributed by atoms with Crippen molar-refractivity contribution in [1.29, 1.82) is 0 Å². The van der Waals surface area contributed by atoms with E-state index < -0.39 is 40.2 Å². The van der Waals surface area contributed by atoms with Crippen molar-refractivity contribution < 1.29 is 31.9 Å². The van der Waals surface area contributed by atoms with Gasteiger partial charge in [-0.3, -0.25) is 4.79 Å². The molecule has 1 atom stereocenters. The number of nitrogens with zero attached hydrogens (tertiary/aromatic N) is 1. The van der Waals surface area contributed by atoms with E-state index in [2.05, 4.69) is 0 Å². The molecule has 150 valence electrons. The summed E-state index contributed by atoms with van der Waals surface area (Å²) < 4.78 is 47.2. The summed E-state index contributed by atoms with van der Waals surface area (Å²) in [5, 5.41) is 0. The minimum atomic E-state index is -3.16. The molecule has 1 aromatic rings. The molecule has 1 aromatic carbocycles. The molecule has 9 heteroatoms. The highest BCUT2D eigenvalue weighted by Crippen LogP contribution is 2.20. The third-order valence-electron chi connectivity index (χ3n) is 4.25. The smallest absolute Gasteiger partial charge is 0.341 e. The first-order valence-corrected chi connectivity index (χ1v) is 10.5. The molecule has 0 unspecified atom stereocenters. The van der Waals surface area contributed by atoms with Gasteiger partial charge in [0.1, 0.15) is 11.6 Å². The molecule has 1 heterocycles. The van der Waals surface area contributed by atoms with Gasteiger partial charge in [0.2, 0.25) is 0 Å². The molecule has 0 aromatic heterocycles. The van der Waals surface area contributed by atoms with Crippen molar-refractivity contribution in [2.75, 3.05) is 31.8 Å². The van der Waals surface area contributed by atoms with Crippen LogP contribution in [0.2, 0.25) is 0 Å². The average molecular weight is 401 g/mol. The zero-order valence-electron chi connectivity index (χ0n) is 15.6. The quantitative estimate of drug-likeness (QED) is 0.646. The van der Waals surface area contributed by atoms with E-state index in [1.165, 1.54) is 24.1 Å². The number of carbonyl (C=O) groups is 2. The fourth-order valence-electron chi connectivity index (χ4n) is 2.95. The molecule has 0 radical (unpaired) electrons. The Bertz CT molecular complexity index is 808. The van der Waals surface area contributed by atoms with Gasteiger partial charge >= 0.3 is 5.97 Å². The van der Waals surface area contributed by atoms with Gasteiger partial charge in [-0.1, -0.05) is 13.8 Å². The number of amides is 1.